The van der Waals surface area contributed by atoms with Gasteiger partial charge in [-0.25, -0.2) is 8.42 Å². The Bertz CT molecular complexity index is 566. The lowest BCUT2D eigenvalue weighted by atomic mass is 9.93. The van der Waals surface area contributed by atoms with Crippen LogP contribution in [0, 0.1) is 5.92 Å². The highest BCUT2D eigenvalue weighted by Crippen LogP contribution is 2.29. The van der Waals surface area contributed by atoms with Gasteiger partial charge in [-0.2, -0.15) is 4.31 Å². The fourth-order valence-corrected chi connectivity index (χ4v) is 4.79. The minimum absolute atomic E-state index is 0.0893. The zero-order valence-electron chi connectivity index (χ0n) is 13.1. The van der Waals surface area contributed by atoms with E-state index in [1.54, 1.807) is 16.4 Å². The molecule has 2 unspecified atom stereocenters. The van der Waals surface area contributed by atoms with Crippen LogP contribution >= 0.6 is 0 Å². The van der Waals surface area contributed by atoms with Crippen LogP contribution in [0.5, 0.6) is 0 Å². The lowest BCUT2D eigenvalue weighted by Gasteiger charge is -2.38. The van der Waals surface area contributed by atoms with Crippen LogP contribution in [0.4, 0.5) is 0 Å². The van der Waals surface area contributed by atoms with Gasteiger partial charge in [-0.05, 0) is 42.4 Å². The summed E-state index contributed by atoms with van der Waals surface area (Å²) in [5.74, 6) is 0.710. The molecule has 1 aromatic carbocycles. The maximum Gasteiger partial charge on any atom is 0.243 e. The molecule has 4 nitrogen and oxygen atoms in total. The van der Waals surface area contributed by atoms with Crippen molar-refractivity contribution in [2.75, 3.05) is 13.1 Å². The van der Waals surface area contributed by atoms with E-state index in [1.807, 2.05) is 12.1 Å². The van der Waals surface area contributed by atoms with E-state index >= 15 is 0 Å². The molecule has 2 rings (SSSR count). The van der Waals surface area contributed by atoms with E-state index < -0.39 is 10.0 Å². The van der Waals surface area contributed by atoms with Crippen molar-refractivity contribution in [3.8, 4) is 0 Å². The zero-order valence-corrected chi connectivity index (χ0v) is 13.9. The standard InChI is InChI=1S/C16H26N2O2S/c1-12(2)14-6-8-15(9-7-14)21(19,20)18-10-4-5-13(3)16(18)11-17/h6-9,12-13,16H,4-5,10-11,17H2,1-3H3. The second-order valence-electron chi connectivity index (χ2n) is 6.26. The van der Waals surface area contributed by atoms with Gasteiger partial charge >= 0.3 is 0 Å². The maximum absolute atomic E-state index is 12.9. The Hall–Kier alpha value is -0.910. The summed E-state index contributed by atoms with van der Waals surface area (Å²) in [6.45, 7) is 7.23. The monoisotopic (exact) mass is 310 g/mol. The normalized spacial score (nSPS) is 24.4. The van der Waals surface area contributed by atoms with Crippen molar-refractivity contribution in [2.45, 2.75) is 50.5 Å². The van der Waals surface area contributed by atoms with Crippen LogP contribution in [0.3, 0.4) is 0 Å². The molecule has 0 aromatic heterocycles. The molecule has 0 bridgehead atoms. The second kappa shape index (κ2) is 6.46. The smallest absolute Gasteiger partial charge is 0.243 e. The van der Waals surface area contributed by atoms with Crippen LogP contribution < -0.4 is 5.73 Å². The lowest BCUT2D eigenvalue weighted by molar-refractivity contribution is 0.192. The number of rotatable bonds is 4. The number of nitrogens with zero attached hydrogens (tertiary/aromatic N) is 1. The molecule has 2 atom stereocenters. The van der Waals surface area contributed by atoms with Gasteiger partial charge in [-0.15, -0.1) is 0 Å². The van der Waals surface area contributed by atoms with Gasteiger partial charge in [0.15, 0.2) is 0 Å². The zero-order chi connectivity index (χ0) is 15.6. The predicted molar refractivity (Wildman–Crippen MR) is 85.7 cm³/mol. The molecule has 2 N–H and O–H groups in total. The first kappa shape index (κ1) is 16.5. The topological polar surface area (TPSA) is 63.4 Å². The van der Waals surface area contributed by atoms with Crippen molar-refractivity contribution < 1.29 is 8.42 Å². The maximum atomic E-state index is 12.9. The van der Waals surface area contributed by atoms with Gasteiger partial charge in [0, 0.05) is 19.1 Å². The Balaban J connectivity index is 2.32. The van der Waals surface area contributed by atoms with Gasteiger partial charge in [-0.3, -0.25) is 0 Å². The molecule has 0 amide bonds. The molecule has 0 spiro atoms. The van der Waals surface area contributed by atoms with E-state index in [0.29, 0.717) is 29.8 Å². The van der Waals surface area contributed by atoms with Crippen molar-refractivity contribution in [2.24, 2.45) is 11.7 Å². The summed E-state index contributed by atoms with van der Waals surface area (Å²) in [7, 11) is -3.45. The number of benzene rings is 1. The van der Waals surface area contributed by atoms with Crippen molar-refractivity contribution >= 4 is 10.0 Å². The second-order valence-corrected chi connectivity index (χ2v) is 8.15. The molecule has 1 aliphatic heterocycles. The van der Waals surface area contributed by atoms with Gasteiger partial charge in [0.2, 0.25) is 10.0 Å². The van der Waals surface area contributed by atoms with E-state index in [-0.39, 0.29) is 6.04 Å². The van der Waals surface area contributed by atoms with Crippen LogP contribution in [0.1, 0.15) is 45.1 Å². The van der Waals surface area contributed by atoms with Gasteiger partial charge in [-0.1, -0.05) is 32.9 Å². The van der Waals surface area contributed by atoms with Crippen molar-refractivity contribution in [3.05, 3.63) is 29.8 Å². The first-order valence-corrected chi connectivity index (χ1v) is 9.13. The van der Waals surface area contributed by atoms with Crippen molar-refractivity contribution in [3.63, 3.8) is 0 Å². The van der Waals surface area contributed by atoms with Gasteiger partial charge < -0.3 is 5.73 Å². The number of hydrogen-bond donors (Lipinski definition) is 1. The van der Waals surface area contributed by atoms with Crippen molar-refractivity contribution in [1.82, 2.24) is 4.31 Å². The highest BCUT2D eigenvalue weighted by Gasteiger charge is 2.36. The first-order valence-electron chi connectivity index (χ1n) is 7.69. The van der Waals surface area contributed by atoms with E-state index in [9.17, 15) is 8.42 Å². The average molecular weight is 310 g/mol. The first-order chi connectivity index (χ1) is 9.87. The minimum atomic E-state index is -3.45. The van der Waals surface area contributed by atoms with Gasteiger partial charge in [0.25, 0.3) is 0 Å². The number of sulfonamides is 1. The Labute approximate surface area is 128 Å². The highest BCUT2D eigenvalue weighted by atomic mass is 32.2. The lowest BCUT2D eigenvalue weighted by Crippen LogP contribution is -2.51. The molecular weight excluding hydrogens is 284 g/mol. The third-order valence-electron chi connectivity index (χ3n) is 4.46. The number of nitrogens with two attached hydrogens (primary N) is 1. The molecule has 118 valence electrons. The Kier molecular flexibility index (Phi) is 5.07. The Morgan fingerprint density at radius 2 is 1.90 bits per heavy atom. The van der Waals surface area contributed by atoms with E-state index in [0.717, 1.165) is 18.4 Å². The molecule has 0 aliphatic carbocycles. The predicted octanol–water partition coefficient (Wildman–Crippen LogP) is 2.56. The Morgan fingerprint density at radius 3 is 2.43 bits per heavy atom. The molecule has 1 fully saturated rings. The molecule has 5 heteroatoms. The van der Waals surface area contributed by atoms with Crippen LogP contribution in [0.25, 0.3) is 0 Å². The fraction of sp³-hybridized carbons (Fsp3) is 0.625. The van der Waals surface area contributed by atoms with Crippen LogP contribution in [0.2, 0.25) is 0 Å². The summed E-state index contributed by atoms with van der Waals surface area (Å²) >= 11 is 0. The summed E-state index contributed by atoms with van der Waals surface area (Å²) in [5.41, 5.74) is 6.97. The van der Waals surface area contributed by atoms with Crippen LogP contribution in [-0.2, 0) is 10.0 Å². The molecule has 1 saturated heterocycles. The molecule has 0 radical (unpaired) electrons. The molecule has 0 saturated carbocycles. The van der Waals surface area contributed by atoms with E-state index in [4.69, 9.17) is 5.73 Å². The third-order valence-corrected chi connectivity index (χ3v) is 6.40. The molecule has 1 aromatic rings. The van der Waals surface area contributed by atoms with Crippen LogP contribution in [0.15, 0.2) is 29.2 Å². The molecular formula is C16H26N2O2S. The summed E-state index contributed by atoms with van der Waals surface area (Å²) in [4.78, 5) is 0.374. The molecule has 1 aliphatic rings. The summed E-state index contributed by atoms with van der Waals surface area (Å²) in [6.07, 6.45) is 1.95. The number of hydrogen-bond acceptors (Lipinski definition) is 3. The highest BCUT2D eigenvalue weighted by molar-refractivity contribution is 7.89. The summed E-state index contributed by atoms with van der Waals surface area (Å²) in [5, 5.41) is 0. The summed E-state index contributed by atoms with van der Waals surface area (Å²) in [6, 6.07) is 7.16. The van der Waals surface area contributed by atoms with Crippen LogP contribution in [-0.4, -0.2) is 31.9 Å². The Morgan fingerprint density at radius 1 is 1.29 bits per heavy atom. The largest absolute Gasteiger partial charge is 0.329 e. The average Bonchev–Trinajstić information content (AvgIpc) is 2.47. The molecule has 1 heterocycles. The minimum Gasteiger partial charge on any atom is -0.329 e. The molecule has 21 heavy (non-hydrogen) atoms. The third kappa shape index (κ3) is 3.30. The van der Waals surface area contributed by atoms with Crippen molar-refractivity contribution in [1.29, 1.82) is 0 Å². The van der Waals surface area contributed by atoms with Gasteiger partial charge in [0.1, 0.15) is 0 Å². The van der Waals surface area contributed by atoms with Gasteiger partial charge in [0.05, 0.1) is 4.90 Å². The SMILES string of the molecule is CC(C)c1ccc(S(=O)(=O)N2CCCC(C)C2CN)cc1. The van der Waals surface area contributed by atoms with E-state index in [1.165, 1.54) is 0 Å². The van der Waals surface area contributed by atoms with E-state index in [2.05, 4.69) is 20.8 Å². The fourth-order valence-electron chi connectivity index (χ4n) is 3.02. The summed E-state index contributed by atoms with van der Waals surface area (Å²) < 4.78 is 27.3. The number of piperidine rings is 1. The quantitative estimate of drug-likeness (QED) is 0.929.